The largest absolute Gasteiger partial charge is 0.492 e. The van der Waals surface area contributed by atoms with Gasteiger partial charge in [0.1, 0.15) is 17.2 Å². The number of esters is 1. The molecule has 32 heavy (non-hydrogen) atoms. The fraction of sp³-hybridized carbons (Fsp3) is 0.458. The number of benzene rings is 1. The first-order valence-corrected chi connectivity index (χ1v) is 10.6. The van der Waals surface area contributed by atoms with Gasteiger partial charge in [-0.25, -0.2) is 14.0 Å². The Labute approximate surface area is 187 Å². The van der Waals surface area contributed by atoms with E-state index in [9.17, 15) is 14.0 Å². The monoisotopic (exact) mass is 444 g/mol. The fourth-order valence-electron chi connectivity index (χ4n) is 3.42. The molecule has 0 atom stereocenters. The van der Waals surface area contributed by atoms with Crippen molar-refractivity contribution in [3.8, 4) is 17.0 Å². The number of hydrogen-bond acceptors (Lipinski definition) is 6. The van der Waals surface area contributed by atoms with E-state index in [-0.39, 0.29) is 11.7 Å². The Bertz CT molecular complexity index is 948. The van der Waals surface area contributed by atoms with Crippen LogP contribution in [0.4, 0.5) is 9.18 Å². The maximum Gasteiger partial charge on any atom is 0.410 e. The summed E-state index contributed by atoms with van der Waals surface area (Å²) < 4.78 is 30.3. The lowest BCUT2D eigenvalue weighted by Gasteiger charge is -2.33. The Morgan fingerprint density at radius 1 is 1.16 bits per heavy atom. The van der Waals surface area contributed by atoms with Gasteiger partial charge in [-0.05, 0) is 69.9 Å². The van der Waals surface area contributed by atoms with Crippen molar-refractivity contribution in [2.24, 2.45) is 5.92 Å². The lowest BCUT2D eigenvalue weighted by Crippen LogP contribution is -2.42. The van der Waals surface area contributed by atoms with Crippen LogP contribution in [0.2, 0.25) is 0 Å². The van der Waals surface area contributed by atoms with Gasteiger partial charge in [-0.2, -0.15) is 0 Å². The SMILES string of the molecule is COC(=O)c1ccc(-c2ccc(OCC3CCN(C(=O)OC(C)(C)C)CC3)cn2)c(F)c1. The molecule has 2 heterocycles. The molecule has 1 aliphatic heterocycles. The Kier molecular flexibility index (Phi) is 7.33. The lowest BCUT2D eigenvalue weighted by molar-refractivity contribution is 0.0164. The summed E-state index contributed by atoms with van der Waals surface area (Å²) in [6, 6.07) is 7.56. The van der Waals surface area contributed by atoms with Crippen LogP contribution in [0.5, 0.6) is 5.75 Å². The third-order valence-electron chi connectivity index (χ3n) is 5.15. The summed E-state index contributed by atoms with van der Waals surface area (Å²) in [5, 5.41) is 0. The van der Waals surface area contributed by atoms with Crippen LogP contribution in [0.15, 0.2) is 36.5 Å². The maximum absolute atomic E-state index is 14.4. The van der Waals surface area contributed by atoms with E-state index in [2.05, 4.69) is 9.72 Å². The zero-order valence-corrected chi connectivity index (χ0v) is 18.9. The highest BCUT2D eigenvalue weighted by atomic mass is 19.1. The second-order valence-corrected chi connectivity index (χ2v) is 8.79. The second-order valence-electron chi connectivity index (χ2n) is 8.79. The van der Waals surface area contributed by atoms with Gasteiger partial charge >= 0.3 is 12.1 Å². The molecule has 8 heteroatoms. The minimum absolute atomic E-state index is 0.145. The normalized spacial score (nSPS) is 14.7. The van der Waals surface area contributed by atoms with Crippen LogP contribution in [0.25, 0.3) is 11.3 Å². The number of halogens is 1. The van der Waals surface area contributed by atoms with E-state index >= 15 is 0 Å². The molecule has 3 rings (SSSR count). The number of carbonyl (C=O) groups excluding carboxylic acids is 2. The van der Waals surface area contributed by atoms with Crippen molar-refractivity contribution in [2.75, 3.05) is 26.8 Å². The summed E-state index contributed by atoms with van der Waals surface area (Å²) in [5.41, 5.74) is 0.379. The fourth-order valence-corrected chi connectivity index (χ4v) is 3.42. The number of piperidine rings is 1. The van der Waals surface area contributed by atoms with Crippen molar-refractivity contribution < 1.29 is 28.2 Å². The molecule has 1 aliphatic rings. The van der Waals surface area contributed by atoms with E-state index < -0.39 is 17.4 Å². The van der Waals surface area contributed by atoms with Crippen molar-refractivity contribution in [1.82, 2.24) is 9.88 Å². The number of amides is 1. The molecule has 1 saturated heterocycles. The number of rotatable bonds is 5. The lowest BCUT2D eigenvalue weighted by atomic mass is 9.98. The summed E-state index contributed by atoms with van der Waals surface area (Å²) in [6.07, 6.45) is 2.95. The molecule has 0 radical (unpaired) electrons. The number of ether oxygens (including phenoxy) is 3. The first kappa shape index (κ1) is 23.5. The van der Waals surface area contributed by atoms with E-state index in [1.807, 2.05) is 20.8 Å². The van der Waals surface area contributed by atoms with Crippen molar-refractivity contribution in [2.45, 2.75) is 39.2 Å². The number of carbonyl (C=O) groups is 2. The molecule has 1 aromatic carbocycles. The number of hydrogen-bond donors (Lipinski definition) is 0. The summed E-state index contributed by atoms with van der Waals surface area (Å²) >= 11 is 0. The van der Waals surface area contributed by atoms with Crippen molar-refractivity contribution in [3.05, 3.63) is 47.9 Å². The quantitative estimate of drug-likeness (QED) is 0.622. The predicted octanol–water partition coefficient (Wildman–Crippen LogP) is 4.70. The highest BCUT2D eigenvalue weighted by molar-refractivity contribution is 5.90. The Balaban J connectivity index is 1.51. The summed E-state index contributed by atoms with van der Waals surface area (Å²) in [4.78, 5) is 29.7. The molecule has 0 spiro atoms. The van der Waals surface area contributed by atoms with Gasteiger partial charge in [0.15, 0.2) is 0 Å². The molecule has 1 amide bonds. The summed E-state index contributed by atoms with van der Waals surface area (Å²) in [5.74, 6) is -0.221. The zero-order valence-electron chi connectivity index (χ0n) is 18.9. The first-order valence-electron chi connectivity index (χ1n) is 10.6. The predicted molar refractivity (Wildman–Crippen MR) is 117 cm³/mol. The average molecular weight is 445 g/mol. The van der Waals surface area contributed by atoms with Crippen molar-refractivity contribution in [1.29, 1.82) is 0 Å². The number of nitrogens with zero attached hydrogens (tertiary/aromatic N) is 2. The molecule has 0 bridgehead atoms. The van der Waals surface area contributed by atoms with Crippen molar-refractivity contribution >= 4 is 12.1 Å². The Hall–Kier alpha value is -3.16. The molecule has 0 aliphatic carbocycles. The van der Waals surface area contributed by atoms with Gasteiger partial charge in [0.25, 0.3) is 0 Å². The van der Waals surface area contributed by atoms with Crippen LogP contribution in [0, 0.1) is 11.7 Å². The van der Waals surface area contributed by atoms with Crippen LogP contribution in [0.3, 0.4) is 0 Å². The molecule has 7 nitrogen and oxygen atoms in total. The van der Waals surface area contributed by atoms with Gasteiger partial charge in [-0.3, -0.25) is 4.98 Å². The number of likely N-dealkylation sites (tertiary alicyclic amines) is 1. The second kappa shape index (κ2) is 9.97. The number of aromatic nitrogens is 1. The molecule has 0 unspecified atom stereocenters. The van der Waals surface area contributed by atoms with E-state index in [0.29, 0.717) is 42.6 Å². The summed E-state index contributed by atoms with van der Waals surface area (Å²) in [6.45, 7) is 7.37. The molecule has 0 saturated carbocycles. The summed E-state index contributed by atoms with van der Waals surface area (Å²) in [7, 11) is 1.25. The van der Waals surface area contributed by atoms with Crippen LogP contribution in [-0.4, -0.2) is 54.4 Å². The minimum Gasteiger partial charge on any atom is -0.492 e. The molecule has 1 aromatic heterocycles. The standard InChI is InChI=1S/C24H29FN2O5/c1-24(2,3)32-23(29)27-11-9-16(10-12-27)15-31-18-6-8-21(26-14-18)19-7-5-17(13-20(19)25)22(28)30-4/h5-8,13-14,16H,9-12,15H2,1-4H3. The number of pyridine rings is 1. The zero-order chi connectivity index (χ0) is 23.3. The third kappa shape index (κ3) is 6.18. The van der Waals surface area contributed by atoms with Crippen LogP contribution in [0.1, 0.15) is 44.0 Å². The van der Waals surface area contributed by atoms with Crippen LogP contribution < -0.4 is 4.74 Å². The van der Waals surface area contributed by atoms with Gasteiger partial charge in [0.05, 0.1) is 31.2 Å². The average Bonchev–Trinajstić information content (AvgIpc) is 2.76. The van der Waals surface area contributed by atoms with E-state index in [1.165, 1.54) is 19.2 Å². The molecule has 1 fully saturated rings. The van der Waals surface area contributed by atoms with Gasteiger partial charge < -0.3 is 19.1 Å². The Morgan fingerprint density at radius 2 is 1.88 bits per heavy atom. The molecule has 172 valence electrons. The first-order chi connectivity index (χ1) is 15.2. The Morgan fingerprint density at radius 3 is 2.44 bits per heavy atom. The third-order valence-corrected chi connectivity index (χ3v) is 5.15. The molecule has 2 aromatic rings. The smallest absolute Gasteiger partial charge is 0.410 e. The molecule has 0 N–H and O–H groups in total. The maximum atomic E-state index is 14.4. The molecular formula is C24H29FN2O5. The molecular weight excluding hydrogens is 415 g/mol. The van der Waals surface area contributed by atoms with Crippen molar-refractivity contribution in [3.63, 3.8) is 0 Å². The van der Waals surface area contributed by atoms with Gasteiger partial charge in [-0.1, -0.05) is 0 Å². The van der Waals surface area contributed by atoms with E-state index in [0.717, 1.165) is 18.9 Å². The number of methoxy groups -OCH3 is 1. The van der Waals surface area contributed by atoms with Gasteiger partial charge in [0, 0.05) is 18.7 Å². The highest BCUT2D eigenvalue weighted by Gasteiger charge is 2.27. The van der Waals surface area contributed by atoms with E-state index in [4.69, 9.17) is 9.47 Å². The van der Waals surface area contributed by atoms with Crippen LogP contribution in [-0.2, 0) is 9.47 Å². The van der Waals surface area contributed by atoms with E-state index in [1.54, 1.807) is 23.2 Å². The van der Waals surface area contributed by atoms with Gasteiger partial charge in [0.2, 0.25) is 0 Å². The van der Waals surface area contributed by atoms with Gasteiger partial charge in [-0.15, -0.1) is 0 Å². The highest BCUT2D eigenvalue weighted by Crippen LogP contribution is 2.25. The van der Waals surface area contributed by atoms with Crippen LogP contribution >= 0.6 is 0 Å². The topological polar surface area (TPSA) is 78.0 Å². The minimum atomic E-state index is -0.593.